The van der Waals surface area contributed by atoms with E-state index in [1.54, 1.807) is 61.5 Å². The minimum Gasteiger partial charge on any atom is -0.507 e. The van der Waals surface area contributed by atoms with Crippen molar-refractivity contribution >= 4 is 23.3 Å². The summed E-state index contributed by atoms with van der Waals surface area (Å²) in [5.41, 5.74) is 0.904. The van der Waals surface area contributed by atoms with E-state index in [1.165, 1.54) is 19.1 Å². The van der Waals surface area contributed by atoms with Crippen molar-refractivity contribution in [2.75, 3.05) is 19.1 Å². The van der Waals surface area contributed by atoms with Gasteiger partial charge in [0.25, 0.3) is 5.78 Å². The SMILES string of the molecule is COc1ccc(C2C(=C(O)c3ccccc3)C(=O)C(=O)N2c2cc(C)on2)cc1OC. The summed E-state index contributed by atoms with van der Waals surface area (Å²) in [7, 11) is 3.00. The van der Waals surface area contributed by atoms with Crippen molar-refractivity contribution in [2.24, 2.45) is 0 Å². The van der Waals surface area contributed by atoms with Gasteiger partial charge in [-0.3, -0.25) is 14.5 Å². The molecule has 0 bridgehead atoms. The molecule has 0 spiro atoms. The third-order valence-electron chi connectivity index (χ3n) is 5.08. The molecule has 8 nitrogen and oxygen atoms in total. The number of hydrogen-bond donors (Lipinski definition) is 1. The van der Waals surface area contributed by atoms with Crippen molar-refractivity contribution in [3.8, 4) is 11.5 Å². The van der Waals surface area contributed by atoms with Gasteiger partial charge in [-0.2, -0.15) is 0 Å². The summed E-state index contributed by atoms with van der Waals surface area (Å²) in [6.45, 7) is 1.68. The van der Waals surface area contributed by atoms with Crippen LogP contribution in [-0.4, -0.2) is 36.2 Å². The summed E-state index contributed by atoms with van der Waals surface area (Å²) >= 11 is 0. The molecule has 158 valence electrons. The normalized spacial score (nSPS) is 17.8. The number of methoxy groups -OCH3 is 2. The van der Waals surface area contributed by atoms with Gasteiger partial charge in [-0.05, 0) is 24.6 Å². The molecule has 1 unspecified atom stereocenters. The van der Waals surface area contributed by atoms with Gasteiger partial charge in [0.15, 0.2) is 17.3 Å². The van der Waals surface area contributed by atoms with Crippen LogP contribution in [0.3, 0.4) is 0 Å². The lowest BCUT2D eigenvalue weighted by molar-refractivity contribution is -0.132. The fourth-order valence-corrected chi connectivity index (χ4v) is 3.63. The lowest BCUT2D eigenvalue weighted by Gasteiger charge is -2.23. The van der Waals surface area contributed by atoms with Crippen molar-refractivity contribution in [1.82, 2.24) is 5.16 Å². The second-order valence-electron chi connectivity index (χ2n) is 6.95. The third-order valence-corrected chi connectivity index (χ3v) is 5.08. The summed E-state index contributed by atoms with van der Waals surface area (Å²) < 4.78 is 15.8. The zero-order valence-electron chi connectivity index (χ0n) is 17.2. The van der Waals surface area contributed by atoms with Gasteiger partial charge in [-0.25, -0.2) is 0 Å². The Labute approximate surface area is 178 Å². The summed E-state index contributed by atoms with van der Waals surface area (Å²) in [4.78, 5) is 27.3. The maximum absolute atomic E-state index is 13.0. The number of aliphatic hydroxyl groups is 1. The highest BCUT2D eigenvalue weighted by Crippen LogP contribution is 2.43. The second kappa shape index (κ2) is 7.98. The van der Waals surface area contributed by atoms with E-state index in [4.69, 9.17) is 14.0 Å². The predicted octanol–water partition coefficient (Wildman–Crippen LogP) is 3.63. The van der Waals surface area contributed by atoms with E-state index in [9.17, 15) is 14.7 Å². The quantitative estimate of drug-likeness (QED) is 0.382. The number of rotatable bonds is 5. The van der Waals surface area contributed by atoms with Crippen LogP contribution in [-0.2, 0) is 9.59 Å². The number of carbonyl (C=O) groups is 2. The molecule has 0 aliphatic carbocycles. The molecule has 1 aromatic heterocycles. The monoisotopic (exact) mass is 420 g/mol. The maximum Gasteiger partial charge on any atom is 0.301 e. The molecular weight excluding hydrogens is 400 g/mol. The Kier molecular flexibility index (Phi) is 5.21. The van der Waals surface area contributed by atoms with Crippen LogP contribution in [0.1, 0.15) is 22.9 Å². The first-order valence-electron chi connectivity index (χ1n) is 9.48. The maximum atomic E-state index is 13.0. The number of benzene rings is 2. The molecule has 2 heterocycles. The molecule has 4 rings (SSSR count). The average Bonchev–Trinajstić information content (AvgIpc) is 3.34. The van der Waals surface area contributed by atoms with Gasteiger partial charge in [0.05, 0.1) is 25.8 Å². The number of amides is 1. The highest BCUT2D eigenvalue weighted by Gasteiger charge is 2.48. The van der Waals surface area contributed by atoms with Crippen LogP contribution in [0.2, 0.25) is 0 Å². The molecule has 1 aliphatic heterocycles. The third kappa shape index (κ3) is 3.42. The zero-order valence-corrected chi connectivity index (χ0v) is 17.2. The van der Waals surface area contributed by atoms with Gasteiger partial charge >= 0.3 is 5.91 Å². The lowest BCUT2D eigenvalue weighted by Crippen LogP contribution is -2.29. The topological polar surface area (TPSA) is 102 Å². The Balaban J connectivity index is 1.96. The van der Waals surface area contributed by atoms with Crippen LogP contribution in [0, 0.1) is 6.92 Å². The number of hydrogen-bond acceptors (Lipinski definition) is 7. The van der Waals surface area contributed by atoms with Crippen molar-refractivity contribution in [3.05, 3.63) is 77.1 Å². The fourth-order valence-electron chi connectivity index (χ4n) is 3.63. The summed E-state index contributed by atoms with van der Waals surface area (Å²) in [6, 6.07) is 14.2. The smallest absolute Gasteiger partial charge is 0.301 e. The Morgan fingerprint density at radius 1 is 1.03 bits per heavy atom. The molecule has 0 saturated carbocycles. The van der Waals surface area contributed by atoms with Crippen molar-refractivity contribution < 1.29 is 28.7 Å². The highest BCUT2D eigenvalue weighted by atomic mass is 16.5. The first-order chi connectivity index (χ1) is 15.0. The molecule has 8 heteroatoms. The molecule has 3 aromatic rings. The number of aromatic nitrogens is 1. The first-order valence-corrected chi connectivity index (χ1v) is 9.48. The van der Waals surface area contributed by atoms with Crippen LogP contribution in [0.25, 0.3) is 5.76 Å². The van der Waals surface area contributed by atoms with Crippen molar-refractivity contribution in [1.29, 1.82) is 0 Å². The summed E-state index contributed by atoms with van der Waals surface area (Å²) in [5.74, 6) is -0.350. The largest absolute Gasteiger partial charge is 0.507 e. The summed E-state index contributed by atoms with van der Waals surface area (Å²) in [5, 5.41) is 14.9. The number of nitrogens with zero attached hydrogens (tertiary/aromatic N) is 2. The minimum absolute atomic E-state index is 0.0518. The van der Waals surface area contributed by atoms with Gasteiger partial charge in [0.1, 0.15) is 11.5 Å². The fraction of sp³-hybridized carbons (Fsp3) is 0.174. The van der Waals surface area contributed by atoms with Crippen molar-refractivity contribution in [3.63, 3.8) is 0 Å². The van der Waals surface area contributed by atoms with Gasteiger partial charge in [-0.1, -0.05) is 41.6 Å². The van der Waals surface area contributed by atoms with E-state index in [0.717, 1.165) is 0 Å². The summed E-state index contributed by atoms with van der Waals surface area (Å²) in [6.07, 6.45) is 0. The van der Waals surface area contributed by atoms with Crippen LogP contribution < -0.4 is 14.4 Å². The lowest BCUT2D eigenvalue weighted by atomic mass is 9.95. The first kappa shape index (κ1) is 20.2. The molecule has 1 amide bonds. The number of aryl methyl sites for hydroxylation is 1. The molecule has 1 aliphatic rings. The van der Waals surface area contributed by atoms with Gasteiger partial charge < -0.3 is 19.1 Å². The number of carbonyl (C=O) groups excluding carboxylic acids is 2. The Morgan fingerprint density at radius 2 is 1.74 bits per heavy atom. The predicted molar refractivity (Wildman–Crippen MR) is 112 cm³/mol. The molecule has 2 aromatic carbocycles. The molecule has 31 heavy (non-hydrogen) atoms. The molecule has 0 radical (unpaired) electrons. The van der Waals surface area contributed by atoms with Gasteiger partial charge in [-0.15, -0.1) is 0 Å². The number of ether oxygens (including phenoxy) is 2. The number of aliphatic hydroxyl groups excluding tert-OH is 1. The van der Waals surface area contributed by atoms with E-state index in [2.05, 4.69) is 5.16 Å². The second-order valence-corrected chi connectivity index (χ2v) is 6.95. The van der Waals surface area contributed by atoms with E-state index in [-0.39, 0.29) is 17.2 Å². The average molecular weight is 420 g/mol. The van der Waals surface area contributed by atoms with Crippen molar-refractivity contribution in [2.45, 2.75) is 13.0 Å². The van der Waals surface area contributed by atoms with E-state index >= 15 is 0 Å². The molecule has 1 saturated heterocycles. The van der Waals surface area contributed by atoms with Crippen LogP contribution >= 0.6 is 0 Å². The Morgan fingerprint density at radius 3 is 2.35 bits per heavy atom. The van der Waals surface area contributed by atoms with Crippen LogP contribution in [0.5, 0.6) is 11.5 Å². The molecule has 1 fully saturated rings. The Hall–Kier alpha value is -4.07. The number of Topliss-reactive ketones (excluding diaryl/α,β-unsaturated/α-hetero) is 1. The van der Waals surface area contributed by atoms with Crippen LogP contribution in [0.4, 0.5) is 5.82 Å². The van der Waals surface area contributed by atoms with E-state index in [1.807, 2.05) is 0 Å². The molecular formula is C23H20N2O6. The number of anilines is 1. The molecule has 1 atom stereocenters. The van der Waals surface area contributed by atoms with E-state index in [0.29, 0.717) is 28.4 Å². The van der Waals surface area contributed by atoms with Gasteiger partial charge in [0, 0.05) is 11.6 Å². The minimum atomic E-state index is -0.940. The Bertz CT molecular complexity index is 1180. The van der Waals surface area contributed by atoms with E-state index < -0.39 is 17.7 Å². The van der Waals surface area contributed by atoms with Crippen LogP contribution in [0.15, 0.2) is 64.7 Å². The zero-order chi connectivity index (χ0) is 22.1. The number of ketones is 1. The van der Waals surface area contributed by atoms with Gasteiger partial charge in [0.2, 0.25) is 0 Å². The standard InChI is InChI=1S/C23H20N2O6/c1-13-11-18(24-31-13)25-20(15-9-10-16(29-2)17(12-15)30-3)19(22(27)23(25)28)21(26)14-7-5-4-6-8-14/h4-12,20,26H,1-3H3. The molecule has 1 N–H and O–H groups in total. The highest BCUT2D eigenvalue weighted by molar-refractivity contribution is 6.51.